The maximum absolute atomic E-state index is 11.7. The largest absolute Gasteiger partial charge is 0.469 e. The van der Waals surface area contributed by atoms with Crippen LogP contribution in [0.3, 0.4) is 0 Å². The molecule has 4 atom stereocenters. The monoisotopic (exact) mass is 410 g/mol. The summed E-state index contributed by atoms with van der Waals surface area (Å²) in [6.07, 6.45) is -2.61. The Labute approximate surface area is 169 Å². The maximum atomic E-state index is 11.7. The lowest BCUT2D eigenvalue weighted by atomic mass is 10.1. The average Bonchev–Trinajstić information content (AvgIpc) is 2.93. The van der Waals surface area contributed by atoms with Gasteiger partial charge in [0.15, 0.2) is 8.32 Å². The van der Waals surface area contributed by atoms with Crippen LogP contribution in [0.5, 0.6) is 0 Å². The van der Waals surface area contributed by atoms with Gasteiger partial charge in [-0.05, 0) is 23.7 Å². The number of hydrogen-bond donors (Lipinski definition) is 1. The van der Waals surface area contributed by atoms with E-state index < -0.39 is 38.7 Å². The van der Waals surface area contributed by atoms with Crippen molar-refractivity contribution in [3.63, 3.8) is 0 Å². The quantitative estimate of drug-likeness (QED) is 0.524. The standard InChI is InChI=1S/C21H34O6Si/c1-21(2,3)28(5,6)26-14-17-20(25-13-15-10-8-7-9-11-15)19(23)16(27-17)12-18(22)24-4/h7-11,16-17,19-20,23H,12-14H2,1-6H3/t16-,17+,19-,20-/m1/s1. The zero-order valence-electron chi connectivity index (χ0n) is 17.8. The number of benzene rings is 1. The number of rotatable bonds is 8. The van der Waals surface area contributed by atoms with Crippen molar-refractivity contribution in [1.29, 1.82) is 0 Å². The molecule has 1 heterocycles. The first-order valence-electron chi connectivity index (χ1n) is 9.75. The fourth-order valence-corrected chi connectivity index (χ4v) is 3.86. The van der Waals surface area contributed by atoms with Crippen LogP contribution in [-0.4, -0.2) is 57.5 Å². The van der Waals surface area contributed by atoms with Gasteiger partial charge in [-0.2, -0.15) is 0 Å². The van der Waals surface area contributed by atoms with Crippen LogP contribution in [0.15, 0.2) is 30.3 Å². The molecule has 28 heavy (non-hydrogen) atoms. The molecule has 6 nitrogen and oxygen atoms in total. The molecule has 7 heteroatoms. The lowest BCUT2D eigenvalue weighted by molar-refractivity contribution is -0.145. The molecule has 0 radical (unpaired) electrons. The summed E-state index contributed by atoms with van der Waals surface area (Å²) in [7, 11) is -0.656. The number of esters is 1. The molecule has 1 aromatic rings. The van der Waals surface area contributed by atoms with Gasteiger partial charge in [-0.25, -0.2) is 0 Å². The van der Waals surface area contributed by atoms with Gasteiger partial charge < -0.3 is 23.7 Å². The second-order valence-electron chi connectivity index (χ2n) is 8.82. The molecule has 158 valence electrons. The molecule has 0 unspecified atom stereocenters. The number of hydrogen-bond acceptors (Lipinski definition) is 6. The fourth-order valence-electron chi connectivity index (χ4n) is 2.84. The first-order chi connectivity index (χ1) is 13.0. The van der Waals surface area contributed by atoms with E-state index in [1.54, 1.807) is 0 Å². The van der Waals surface area contributed by atoms with E-state index in [1.165, 1.54) is 7.11 Å². The van der Waals surface area contributed by atoms with Crippen LogP contribution >= 0.6 is 0 Å². The summed E-state index contributed by atoms with van der Waals surface area (Å²) in [5.74, 6) is -0.420. The van der Waals surface area contributed by atoms with E-state index in [1.807, 2.05) is 30.3 Å². The molecule has 1 aromatic carbocycles. The predicted octanol–water partition coefficient (Wildman–Crippen LogP) is 3.29. The highest BCUT2D eigenvalue weighted by Crippen LogP contribution is 2.37. The van der Waals surface area contributed by atoms with Crippen LogP contribution in [0, 0.1) is 0 Å². The van der Waals surface area contributed by atoms with Crippen molar-refractivity contribution >= 4 is 14.3 Å². The third-order valence-corrected chi connectivity index (χ3v) is 10.2. The summed E-state index contributed by atoms with van der Waals surface area (Å²) >= 11 is 0. The van der Waals surface area contributed by atoms with E-state index in [0.29, 0.717) is 13.2 Å². The van der Waals surface area contributed by atoms with E-state index >= 15 is 0 Å². The molecule has 0 spiro atoms. The van der Waals surface area contributed by atoms with Crippen molar-refractivity contribution in [2.24, 2.45) is 0 Å². The molecule has 1 N–H and O–H groups in total. The van der Waals surface area contributed by atoms with E-state index in [-0.39, 0.29) is 11.5 Å². The molecule has 1 aliphatic rings. The van der Waals surface area contributed by atoms with Gasteiger partial charge in [-0.1, -0.05) is 51.1 Å². The summed E-state index contributed by atoms with van der Waals surface area (Å²) in [4.78, 5) is 11.7. The number of carbonyl (C=O) groups excluding carboxylic acids is 1. The van der Waals surface area contributed by atoms with Crippen molar-refractivity contribution in [2.75, 3.05) is 13.7 Å². The van der Waals surface area contributed by atoms with Gasteiger partial charge in [0, 0.05) is 0 Å². The highest BCUT2D eigenvalue weighted by atomic mass is 28.4. The van der Waals surface area contributed by atoms with Gasteiger partial charge in [0.05, 0.1) is 32.8 Å². The second kappa shape index (κ2) is 9.50. The number of aliphatic hydroxyl groups is 1. The third kappa shape index (κ3) is 5.87. The predicted molar refractivity (Wildman–Crippen MR) is 109 cm³/mol. The summed E-state index contributed by atoms with van der Waals surface area (Å²) in [6.45, 7) is 11.5. The Kier molecular flexibility index (Phi) is 7.81. The van der Waals surface area contributed by atoms with Crippen LogP contribution in [0.25, 0.3) is 0 Å². The molecule has 0 bridgehead atoms. The Hall–Kier alpha value is -1.25. The molecule has 0 aliphatic carbocycles. The smallest absolute Gasteiger partial charge is 0.308 e. The lowest BCUT2D eigenvalue weighted by Crippen LogP contribution is -2.45. The minimum atomic E-state index is -1.98. The Morgan fingerprint density at radius 3 is 2.39 bits per heavy atom. The van der Waals surface area contributed by atoms with Crippen molar-refractivity contribution in [2.45, 2.75) is 76.3 Å². The number of carbonyl (C=O) groups is 1. The maximum Gasteiger partial charge on any atom is 0.308 e. The molecular weight excluding hydrogens is 376 g/mol. The molecule has 1 fully saturated rings. The molecular formula is C21H34O6Si. The Morgan fingerprint density at radius 2 is 1.82 bits per heavy atom. The first-order valence-corrected chi connectivity index (χ1v) is 12.7. The minimum Gasteiger partial charge on any atom is -0.469 e. The van der Waals surface area contributed by atoms with Crippen LogP contribution in [0.2, 0.25) is 18.1 Å². The molecule has 0 aromatic heterocycles. The van der Waals surface area contributed by atoms with Crippen molar-refractivity contribution < 1.29 is 28.5 Å². The van der Waals surface area contributed by atoms with Gasteiger partial charge in [0.1, 0.15) is 18.3 Å². The zero-order chi connectivity index (χ0) is 20.9. The molecule has 1 saturated heterocycles. The van der Waals surface area contributed by atoms with Crippen molar-refractivity contribution in [1.82, 2.24) is 0 Å². The topological polar surface area (TPSA) is 74.2 Å². The van der Waals surface area contributed by atoms with Crippen LogP contribution in [0.1, 0.15) is 32.8 Å². The van der Waals surface area contributed by atoms with Gasteiger partial charge in [-0.3, -0.25) is 4.79 Å². The second-order valence-corrected chi connectivity index (χ2v) is 13.6. The fraction of sp³-hybridized carbons (Fsp3) is 0.667. The normalized spacial score (nSPS) is 25.7. The molecule has 0 amide bonds. The highest BCUT2D eigenvalue weighted by Gasteiger charge is 2.47. The van der Waals surface area contributed by atoms with E-state index in [0.717, 1.165) is 5.56 Å². The Balaban J connectivity index is 2.07. The van der Waals surface area contributed by atoms with E-state index in [9.17, 15) is 9.90 Å². The third-order valence-electron chi connectivity index (χ3n) is 5.73. The Morgan fingerprint density at radius 1 is 1.18 bits per heavy atom. The molecule has 1 aliphatic heterocycles. The van der Waals surface area contributed by atoms with Crippen LogP contribution in [-0.2, 0) is 30.0 Å². The van der Waals surface area contributed by atoms with E-state index in [2.05, 4.69) is 33.9 Å². The van der Waals surface area contributed by atoms with Crippen LogP contribution < -0.4 is 0 Å². The molecule has 0 saturated carbocycles. The average molecular weight is 411 g/mol. The van der Waals surface area contributed by atoms with Crippen molar-refractivity contribution in [3.8, 4) is 0 Å². The number of methoxy groups -OCH3 is 1. The summed E-state index contributed by atoms with van der Waals surface area (Å²) < 4.78 is 23.0. The minimum absolute atomic E-state index is 0.0144. The SMILES string of the molecule is COC(=O)C[C@H]1O[C@@H](CO[Si](C)(C)C(C)(C)C)[C@@H](OCc2ccccc2)[C@@H]1O. The summed E-state index contributed by atoms with van der Waals surface area (Å²) in [5, 5.41) is 10.8. The summed E-state index contributed by atoms with van der Waals surface area (Å²) in [6, 6.07) is 9.76. The summed E-state index contributed by atoms with van der Waals surface area (Å²) in [5.41, 5.74) is 1.01. The molecule has 2 rings (SSSR count). The van der Waals surface area contributed by atoms with Gasteiger partial charge in [0.2, 0.25) is 0 Å². The van der Waals surface area contributed by atoms with E-state index in [4.69, 9.17) is 18.6 Å². The zero-order valence-corrected chi connectivity index (χ0v) is 18.8. The van der Waals surface area contributed by atoms with Gasteiger partial charge >= 0.3 is 5.97 Å². The van der Waals surface area contributed by atoms with Gasteiger partial charge in [0.25, 0.3) is 0 Å². The highest BCUT2D eigenvalue weighted by molar-refractivity contribution is 6.74. The number of aliphatic hydroxyl groups excluding tert-OH is 1. The first kappa shape index (κ1) is 23.0. The lowest BCUT2D eigenvalue weighted by Gasteiger charge is -2.37. The Bertz CT molecular complexity index is 628. The van der Waals surface area contributed by atoms with Crippen LogP contribution in [0.4, 0.5) is 0 Å². The van der Waals surface area contributed by atoms with Gasteiger partial charge in [-0.15, -0.1) is 0 Å². The van der Waals surface area contributed by atoms with Crippen molar-refractivity contribution in [3.05, 3.63) is 35.9 Å². The number of ether oxygens (including phenoxy) is 3.